The van der Waals surface area contributed by atoms with Crippen LogP contribution in [0.5, 0.6) is 0 Å². The largest absolute Gasteiger partial charge is 0.373 e. The molecule has 0 aromatic rings. The van der Waals surface area contributed by atoms with Crippen molar-refractivity contribution < 1.29 is 4.74 Å². The number of nitrogens with two attached hydrogens (primary N) is 1. The Labute approximate surface area is 79.3 Å². The number of hydrogen-bond donors (Lipinski definition) is 1. The Hall–Kier alpha value is -0.630. The topological polar surface area (TPSA) is 62.3 Å². The number of ether oxygens (including phenoxy) is 1. The average Bonchev–Trinajstić information content (AvgIpc) is 2.02. The summed E-state index contributed by atoms with van der Waals surface area (Å²) in [7, 11) is 0. The van der Waals surface area contributed by atoms with Gasteiger partial charge in [-0.25, -0.2) is 0 Å². The van der Waals surface area contributed by atoms with Crippen LogP contribution in [0.4, 0.5) is 0 Å². The van der Waals surface area contributed by atoms with Crippen molar-refractivity contribution in [1.29, 1.82) is 5.26 Å². The molecule has 1 fully saturated rings. The van der Waals surface area contributed by atoms with E-state index >= 15 is 0 Å². The van der Waals surface area contributed by atoms with Crippen LogP contribution in [0.15, 0.2) is 0 Å². The molecule has 0 radical (unpaired) electrons. The molecule has 4 nitrogen and oxygen atoms in total. The van der Waals surface area contributed by atoms with E-state index in [-0.39, 0.29) is 18.2 Å². The van der Waals surface area contributed by atoms with E-state index in [2.05, 4.69) is 4.90 Å². The van der Waals surface area contributed by atoms with Gasteiger partial charge in [0, 0.05) is 19.6 Å². The maximum absolute atomic E-state index is 8.56. The smallest absolute Gasteiger partial charge is 0.106 e. The second-order valence-corrected chi connectivity index (χ2v) is 3.71. The summed E-state index contributed by atoms with van der Waals surface area (Å²) in [4.78, 5) is 2.19. The van der Waals surface area contributed by atoms with Crippen molar-refractivity contribution >= 4 is 0 Å². The van der Waals surface area contributed by atoms with E-state index in [9.17, 15) is 0 Å². The molecule has 0 aliphatic carbocycles. The SMILES string of the molecule is C[C@@H]1CN(CC(N)C#N)C[C@H](C)O1. The zero-order chi connectivity index (χ0) is 9.84. The highest BCUT2D eigenvalue weighted by Gasteiger charge is 2.22. The van der Waals surface area contributed by atoms with Crippen molar-refractivity contribution in [2.24, 2.45) is 5.73 Å². The van der Waals surface area contributed by atoms with Crippen LogP contribution in [0.3, 0.4) is 0 Å². The molecule has 1 saturated heterocycles. The Morgan fingerprint density at radius 3 is 2.54 bits per heavy atom. The van der Waals surface area contributed by atoms with Gasteiger partial charge in [0.1, 0.15) is 6.04 Å². The van der Waals surface area contributed by atoms with Gasteiger partial charge in [0.2, 0.25) is 0 Å². The summed E-state index contributed by atoms with van der Waals surface area (Å²) in [6.45, 7) is 6.48. The van der Waals surface area contributed by atoms with E-state index in [4.69, 9.17) is 15.7 Å². The third kappa shape index (κ3) is 3.31. The summed E-state index contributed by atoms with van der Waals surface area (Å²) in [6, 6.07) is 1.66. The van der Waals surface area contributed by atoms with Crippen molar-refractivity contribution in [1.82, 2.24) is 4.90 Å². The van der Waals surface area contributed by atoms with E-state index in [1.165, 1.54) is 0 Å². The highest BCUT2D eigenvalue weighted by molar-refractivity contribution is 4.90. The van der Waals surface area contributed by atoms with Crippen LogP contribution in [-0.2, 0) is 4.74 Å². The van der Waals surface area contributed by atoms with Gasteiger partial charge in [0.25, 0.3) is 0 Å². The van der Waals surface area contributed by atoms with E-state index in [0.29, 0.717) is 6.54 Å². The molecule has 0 bridgehead atoms. The summed E-state index contributed by atoms with van der Waals surface area (Å²) < 4.78 is 5.57. The van der Waals surface area contributed by atoms with Crippen molar-refractivity contribution in [2.75, 3.05) is 19.6 Å². The molecule has 0 saturated carbocycles. The quantitative estimate of drug-likeness (QED) is 0.652. The molecule has 1 unspecified atom stereocenters. The van der Waals surface area contributed by atoms with Crippen molar-refractivity contribution in [2.45, 2.75) is 32.1 Å². The third-order valence-electron chi connectivity index (χ3n) is 2.12. The number of rotatable bonds is 2. The Balaban J connectivity index is 2.38. The first-order valence-corrected chi connectivity index (χ1v) is 4.65. The van der Waals surface area contributed by atoms with Crippen LogP contribution >= 0.6 is 0 Å². The normalized spacial score (nSPS) is 32.5. The predicted molar refractivity (Wildman–Crippen MR) is 50.0 cm³/mol. The van der Waals surface area contributed by atoms with Gasteiger partial charge in [-0.05, 0) is 13.8 Å². The molecule has 0 amide bonds. The number of nitriles is 1. The fourth-order valence-corrected chi connectivity index (χ4v) is 1.75. The van der Waals surface area contributed by atoms with Gasteiger partial charge in [-0.3, -0.25) is 4.90 Å². The minimum Gasteiger partial charge on any atom is -0.373 e. The molecule has 74 valence electrons. The molecule has 2 N–H and O–H groups in total. The minimum atomic E-state index is -0.377. The van der Waals surface area contributed by atoms with Crippen molar-refractivity contribution in [3.63, 3.8) is 0 Å². The lowest BCUT2D eigenvalue weighted by atomic mass is 10.2. The first-order chi connectivity index (χ1) is 6.11. The van der Waals surface area contributed by atoms with Gasteiger partial charge in [-0.1, -0.05) is 0 Å². The summed E-state index contributed by atoms with van der Waals surface area (Å²) in [5.41, 5.74) is 5.55. The van der Waals surface area contributed by atoms with Gasteiger partial charge in [0.15, 0.2) is 0 Å². The van der Waals surface area contributed by atoms with Crippen LogP contribution in [-0.4, -0.2) is 42.8 Å². The Morgan fingerprint density at radius 2 is 2.08 bits per heavy atom. The summed E-state index contributed by atoms with van der Waals surface area (Å²) in [6.07, 6.45) is 0.490. The molecule has 1 aliphatic rings. The van der Waals surface area contributed by atoms with Gasteiger partial charge >= 0.3 is 0 Å². The summed E-state index contributed by atoms with van der Waals surface area (Å²) in [5.74, 6) is 0. The second-order valence-electron chi connectivity index (χ2n) is 3.71. The Kier molecular flexibility index (Phi) is 3.67. The second kappa shape index (κ2) is 4.56. The highest BCUT2D eigenvalue weighted by atomic mass is 16.5. The van der Waals surface area contributed by atoms with E-state index in [1.54, 1.807) is 0 Å². The maximum Gasteiger partial charge on any atom is 0.106 e. The van der Waals surface area contributed by atoms with Gasteiger partial charge in [-0.2, -0.15) is 5.26 Å². The maximum atomic E-state index is 8.56. The van der Waals surface area contributed by atoms with Crippen molar-refractivity contribution in [3.05, 3.63) is 0 Å². The molecular formula is C9H17N3O. The predicted octanol–water partition coefficient (Wildman–Crippen LogP) is -0.0535. The van der Waals surface area contributed by atoms with Crippen LogP contribution in [0.1, 0.15) is 13.8 Å². The zero-order valence-electron chi connectivity index (χ0n) is 8.23. The zero-order valence-corrected chi connectivity index (χ0v) is 8.23. The molecule has 1 heterocycles. The monoisotopic (exact) mass is 183 g/mol. The molecule has 1 rings (SSSR count). The standard InChI is InChI=1S/C9H17N3O/c1-7-4-12(5-8(2)13-7)6-9(11)3-10/h7-9H,4-6,11H2,1-2H3/t7-,8+,9?. The van der Waals surface area contributed by atoms with Gasteiger partial charge in [0.05, 0.1) is 18.3 Å². The molecular weight excluding hydrogens is 166 g/mol. The first kappa shape index (κ1) is 10.5. The molecule has 0 aromatic carbocycles. The molecule has 0 spiro atoms. The minimum absolute atomic E-state index is 0.245. The molecule has 4 heteroatoms. The molecule has 3 atom stereocenters. The molecule has 0 aromatic heterocycles. The van der Waals surface area contributed by atoms with Gasteiger partial charge in [-0.15, -0.1) is 0 Å². The fraction of sp³-hybridized carbons (Fsp3) is 0.889. The van der Waals surface area contributed by atoms with Crippen LogP contribution in [0.2, 0.25) is 0 Å². The third-order valence-corrected chi connectivity index (χ3v) is 2.12. The van der Waals surface area contributed by atoms with Crippen LogP contribution in [0, 0.1) is 11.3 Å². The van der Waals surface area contributed by atoms with E-state index in [1.807, 2.05) is 19.9 Å². The van der Waals surface area contributed by atoms with Crippen molar-refractivity contribution in [3.8, 4) is 6.07 Å². The molecule has 13 heavy (non-hydrogen) atoms. The lowest BCUT2D eigenvalue weighted by Gasteiger charge is -2.35. The fourth-order valence-electron chi connectivity index (χ4n) is 1.75. The lowest BCUT2D eigenvalue weighted by molar-refractivity contribution is -0.0681. The highest BCUT2D eigenvalue weighted by Crippen LogP contribution is 2.10. The van der Waals surface area contributed by atoms with E-state index in [0.717, 1.165) is 13.1 Å². The first-order valence-electron chi connectivity index (χ1n) is 4.65. The van der Waals surface area contributed by atoms with Gasteiger partial charge < -0.3 is 10.5 Å². The Bertz CT molecular complexity index is 192. The van der Waals surface area contributed by atoms with Crippen LogP contribution in [0.25, 0.3) is 0 Å². The molecule has 1 aliphatic heterocycles. The average molecular weight is 183 g/mol. The number of nitrogens with zero attached hydrogens (tertiary/aromatic N) is 2. The number of morpholine rings is 1. The summed E-state index contributed by atoms with van der Waals surface area (Å²) in [5, 5.41) is 8.56. The van der Waals surface area contributed by atoms with E-state index < -0.39 is 0 Å². The number of hydrogen-bond acceptors (Lipinski definition) is 4. The Morgan fingerprint density at radius 1 is 1.54 bits per heavy atom. The summed E-state index contributed by atoms with van der Waals surface area (Å²) >= 11 is 0. The lowest BCUT2D eigenvalue weighted by Crippen LogP contribution is -2.49. The van der Waals surface area contributed by atoms with Crippen LogP contribution < -0.4 is 5.73 Å².